The van der Waals surface area contributed by atoms with E-state index in [1.165, 1.54) is 97.6 Å². The molecule has 0 bridgehead atoms. The van der Waals surface area contributed by atoms with Crippen molar-refractivity contribution in [2.24, 2.45) is 4.99 Å². The number of thioether (sulfide) groups is 1. The van der Waals surface area contributed by atoms with Gasteiger partial charge in [0.15, 0.2) is 0 Å². The molecular formula is C60H40N4S. The number of fused-ring (bicyclic) bond motifs is 12. The minimum Gasteiger partial charge on any atom is -0.348 e. The van der Waals surface area contributed by atoms with Crippen molar-refractivity contribution in [1.82, 2.24) is 14.5 Å². The predicted octanol–water partition coefficient (Wildman–Crippen LogP) is 15.1. The quantitative estimate of drug-likeness (QED) is 0.191. The molecule has 0 radical (unpaired) electrons. The number of nitrogens with zero attached hydrogens (tertiary/aromatic N) is 3. The Morgan fingerprint density at radius 3 is 1.83 bits per heavy atom. The Labute approximate surface area is 379 Å². The smallest absolute Gasteiger partial charge is 0.204 e. The van der Waals surface area contributed by atoms with Gasteiger partial charge in [-0.3, -0.25) is 4.57 Å². The average molecular weight is 849 g/mol. The average Bonchev–Trinajstić information content (AvgIpc) is 4.06. The molecule has 10 aromatic carbocycles. The SMILES string of the molecule is C1=C(c2cccc3ccccc23)SC2C1NC(n1c3ccc(-c4ccc5c(c4)c4c6ccccc6ccc4n5-c4ccccc4)cc3c3ccc4ccccc4c31)=NC2c1ccccc1. The van der Waals surface area contributed by atoms with Crippen LogP contribution in [0.4, 0.5) is 0 Å². The largest absolute Gasteiger partial charge is 0.348 e. The van der Waals surface area contributed by atoms with Gasteiger partial charge in [0.05, 0.1) is 39.4 Å². The zero-order valence-electron chi connectivity index (χ0n) is 35.3. The molecule has 0 fully saturated rings. The van der Waals surface area contributed by atoms with Crippen molar-refractivity contribution in [3.05, 3.63) is 230 Å². The highest BCUT2D eigenvalue weighted by Crippen LogP contribution is 2.49. The van der Waals surface area contributed by atoms with E-state index in [0.29, 0.717) is 0 Å². The highest BCUT2D eigenvalue weighted by molar-refractivity contribution is 8.09. The van der Waals surface area contributed by atoms with Crippen LogP contribution in [-0.2, 0) is 0 Å². The summed E-state index contributed by atoms with van der Waals surface area (Å²) in [7, 11) is 0. The molecule has 1 N–H and O–H groups in total. The first-order valence-corrected chi connectivity index (χ1v) is 23.4. The van der Waals surface area contributed by atoms with E-state index in [4.69, 9.17) is 4.99 Å². The normalized spacial score (nSPS) is 17.3. The molecule has 0 aliphatic carbocycles. The second kappa shape index (κ2) is 14.3. The highest BCUT2D eigenvalue weighted by Gasteiger charge is 2.41. The fourth-order valence-corrected chi connectivity index (χ4v) is 12.4. The second-order valence-corrected chi connectivity index (χ2v) is 18.7. The highest BCUT2D eigenvalue weighted by atomic mass is 32.2. The van der Waals surface area contributed by atoms with Gasteiger partial charge in [0, 0.05) is 37.5 Å². The van der Waals surface area contributed by atoms with Gasteiger partial charge in [-0.1, -0.05) is 170 Å². The molecule has 4 nitrogen and oxygen atoms in total. The molecule has 3 atom stereocenters. The van der Waals surface area contributed by atoms with Gasteiger partial charge in [-0.25, -0.2) is 4.99 Å². The first kappa shape index (κ1) is 36.6. The molecule has 65 heavy (non-hydrogen) atoms. The first-order chi connectivity index (χ1) is 32.2. The minimum absolute atomic E-state index is 0.0613. The fourth-order valence-electron chi connectivity index (χ4n) is 10.9. The van der Waals surface area contributed by atoms with Crippen molar-refractivity contribution in [2.45, 2.75) is 17.3 Å². The van der Waals surface area contributed by atoms with E-state index in [1.54, 1.807) is 0 Å². The molecule has 12 aromatic rings. The maximum Gasteiger partial charge on any atom is 0.204 e. The third kappa shape index (κ3) is 5.62. The fraction of sp³-hybridized carbons (Fsp3) is 0.0500. The number of aromatic nitrogens is 2. The molecule has 2 aliphatic rings. The van der Waals surface area contributed by atoms with Crippen LogP contribution in [0.2, 0.25) is 0 Å². The number of para-hydroxylation sites is 1. The zero-order chi connectivity index (χ0) is 42.6. The molecule has 14 rings (SSSR count). The molecule has 0 spiro atoms. The molecule has 2 aromatic heterocycles. The summed E-state index contributed by atoms with van der Waals surface area (Å²) in [6.07, 6.45) is 2.46. The van der Waals surface area contributed by atoms with Gasteiger partial charge in [-0.05, 0) is 97.7 Å². The third-order valence-corrected chi connectivity index (χ3v) is 15.3. The van der Waals surface area contributed by atoms with E-state index in [2.05, 4.69) is 233 Å². The van der Waals surface area contributed by atoms with E-state index in [9.17, 15) is 0 Å². The first-order valence-electron chi connectivity index (χ1n) is 22.5. The van der Waals surface area contributed by atoms with Crippen molar-refractivity contribution in [3.8, 4) is 16.8 Å². The molecular weight excluding hydrogens is 809 g/mol. The van der Waals surface area contributed by atoms with Crippen LogP contribution in [0.5, 0.6) is 0 Å². The standard InChI is InChI=1S/C60H40N4S/c1-3-17-40(18-4-1)57-59-51(36-55(65-59)47-25-13-19-37-14-7-10-22-44(37)47)61-60(62-57)64-52-31-28-41(34-49(52)48-30-26-39-16-9-12-24-46(39)58(48)64)42-29-32-53-50(35-42)56-45-23-11-8-15-38(45)27-33-54(56)63(53)43-20-5-2-6-21-43/h1-36,51,57,59H,(H,61,62). The van der Waals surface area contributed by atoms with Crippen LogP contribution in [-0.4, -0.2) is 26.4 Å². The van der Waals surface area contributed by atoms with Gasteiger partial charge in [-0.15, -0.1) is 11.8 Å². The molecule has 0 amide bonds. The van der Waals surface area contributed by atoms with E-state index in [1.807, 2.05) is 11.8 Å². The lowest BCUT2D eigenvalue weighted by molar-refractivity contribution is 0.550. The van der Waals surface area contributed by atoms with Crippen molar-refractivity contribution in [3.63, 3.8) is 0 Å². The summed E-state index contributed by atoms with van der Waals surface area (Å²) in [5.74, 6) is 0.877. The summed E-state index contributed by atoms with van der Waals surface area (Å²) in [4.78, 5) is 7.04. The maximum atomic E-state index is 5.74. The second-order valence-electron chi connectivity index (χ2n) is 17.5. The van der Waals surface area contributed by atoms with Crippen LogP contribution in [0.15, 0.2) is 223 Å². The van der Waals surface area contributed by atoms with E-state index >= 15 is 0 Å². The van der Waals surface area contributed by atoms with Gasteiger partial charge in [0.2, 0.25) is 5.96 Å². The monoisotopic (exact) mass is 848 g/mol. The Bertz CT molecular complexity index is 3970. The molecule has 5 heteroatoms. The number of benzene rings is 10. The van der Waals surface area contributed by atoms with Crippen molar-refractivity contribution < 1.29 is 0 Å². The zero-order valence-corrected chi connectivity index (χ0v) is 36.1. The number of hydrogen-bond donors (Lipinski definition) is 1. The minimum atomic E-state index is -0.0613. The Morgan fingerprint density at radius 1 is 0.446 bits per heavy atom. The number of aliphatic imine (C=N–C) groups is 1. The van der Waals surface area contributed by atoms with Crippen LogP contribution >= 0.6 is 11.8 Å². The van der Waals surface area contributed by atoms with Crippen molar-refractivity contribution in [2.75, 3.05) is 0 Å². The summed E-state index contributed by atoms with van der Waals surface area (Å²) in [6.45, 7) is 0. The molecule has 0 saturated heterocycles. The van der Waals surface area contributed by atoms with Crippen LogP contribution in [0.25, 0.3) is 97.6 Å². The lowest BCUT2D eigenvalue weighted by Crippen LogP contribution is -2.48. The van der Waals surface area contributed by atoms with E-state index in [-0.39, 0.29) is 17.3 Å². The Balaban J connectivity index is 0.967. The van der Waals surface area contributed by atoms with Crippen molar-refractivity contribution >= 4 is 98.6 Å². The summed E-state index contributed by atoms with van der Waals surface area (Å²) in [6, 6.07) is 77.8. The van der Waals surface area contributed by atoms with Crippen LogP contribution in [0, 0.1) is 0 Å². The molecule has 2 aliphatic heterocycles. The lowest BCUT2D eigenvalue weighted by Gasteiger charge is -2.33. The summed E-state index contributed by atoms with van der Waals surface area (Å²) < 4.78 is 4.83. The van der Waals surface area contributed by atoms with Gasteiger partial charge >= 0.3 is 0 Å². The van der Waals surface area contributed by atoms with Crippen LogP contribution in [0.3, 0.4) is 0 Å². The summed E-state index contributed by atoms with van der Waals surface area (Å²) in [5.41, 5.74) is 10.8. The summed E-state index contributed by atoms with van der Waals surface area (Å²) >= 11 is 1.96. The van der Waals surface area contributed by atoms with E-state index in [0.717, 1.165) is 17.2 Å². The molecule has 0 saturated carbocycles. The van der Waals surface area contributed by atoms with Gasteiger partial charge in [0.1, 0.15) is 0 Å². The van der Waals surface area contributed by atoms with Crippen LogP contribution in [0.1, 0.15) is 17.2 Å². The van der Waals surface area contributed by atoms with Gasteiger partial charge in [-0.2, -0.15) is 0 Å². The molecule has 4 heterocycles. The molecule has 3 unspecified atom stereocenters. The number of hydrogen-bond acceptors (Lipinski definition) is 3. The number of rotatable bonds is 4. The van der Waals surface area contributed by atoms with Gasteiger partial charge in [0.25, 0.3) is 0 Å². The van der Waals surface area contributed by atoms with Crippen molar-refractivity contribution in [1.29, 1.82) is 0 Å². The molecule has 306 valence electrons. The predicted molar refractivity (Wildman–Crippen MR) is 276 cm³/mol. The third-order valence-electron chi connectivity index (χ3n) is 13.9. The van der Waals surface area contributed by atoms with E-state index < -0.39 is 0 Å². The Morgan fingerprint density at radius 2 is 1.05 bits per heavy atom. The Kier molecular flexibility index (Phi) is 8.07. The van der Waals surface area contributed by atoms with Gasteiger partial charge < -0.3 is 9.88 Å². The summed E-state index contributed by atoms with van der Waals surface area (Å²) in [5, 5.41) is 16.6. The Hall–Kier alpha value is -7.86. The topological polar surface area (TPSA) is 34.2 Å². The number of nitrogens with one attached hydrogen (secondary N) is 1. The maximum absolute atomic E-state index is 5.74. The van der Waals surface area contributed by atoms with Crippen LogP contribution < -0.4 is 5.32 Å². The lowest BCUT2D eigenvalue weighted by atomic mass is 9.96.